The van der Waals surface area contributed by atoms with Gasteiger partial charge in [0.25, 0.3) is 0 Å². The van der Waals surface area contributed by atoms with Crippen LogP contribution in [0.4, 0.5) is 13.2 Å². The number of imidazole rings is 1. The van der Waals surface area contributed by atoms with Crippen molar-refractivity contribution < 1.29 is 13.2 Å². The van der Waals surface area contributed by atoms with E-state index in [1.807, 2.05) is 7.05 Å². The predicted molar refractivity (Wildman–Crippen MR) is 82.5 cm³/mol. The Morgan fingerprint density at radius 1 is 1.17 bits per heavy atom. The molecule has 0 bridgehead atoms. The standard InChI is InChI=1S/C16H20F3N3O/c1-20-8-4-5-12(9-20)10-21-13-6-2-3-7-14(13)22(15(21)23)11-16(17,18)19/h2-3,6-7,12H,4-5,8-11H2,1H3. The van der Waals surface area contributed by atoms with E-state index in [0.717, 1.165) is 30.5 Å². The number of para-hydroxylation sites is 2. The van der Waals surface area contributed by atoms with E-state index in [1.165, 1.54) is 4.57 Å². The molecule has 1 unspecified atom stereocenters. The number of alkyl halides is 3. The second kappa shape index (κ2) is 6.03. The lowest BCUT2D eigenvalue weighted by molar-refractivity contribution is -0.140. The van der Waals surface area contributed by atoms with Gasteiger partial charge in [-0.15, -0.1) is 0 Å². The van der Waals surface area contributed by atoms with Gasteiger partial charge >= 0.3 is 11.9 Å². The summed E-state index contributed by atoms with van der Waals surface area (Å²) in [7, 11) is 2.03. The maximum atomic E-state index is 12.8. The molecule has 1 atom stereocenters. The zero-order valence-electron chi connectivity index (χ0n) is 13.0. The summed E-state index contributed by atoms with van der Waals surface area (Å²) in [5, 5.41) is 0. The van der Waals surface area contributed by atoms with Crippen LogP contribution in [0.15, 0.2) is 29.1 Å². The van der Waals surface area contributed by atoms with Crippen molar-refractivity contribution in [3.63, 3.8) is 0 Å². The fourth-order valence-corrected chi connectivity index (χ4v) is 3.46. The number of aromatic nitrogens is 2. The number of piperidine rings is 1. The molecule has 0 saturated carbocycles. The van der Waals surface area contributed by atoms with Crippen LogP contribution >= 0.6 is 0 Å². The maximum Gasteiger partial charge on any atom is 0.406 e. The second-order valence-electron chi connectivity index (χ2n) is 6.35. The molecular weight excluding hydrogens is 307 g/mol. The van der Waals surface area contributed by atoms with Gasteiger partial charge in [0.1, 0.15) is 6.54 Å². The Hall–Kier alpha value is -1.76. The van der Waals surface area contributed by atoms with Crippen LogP contribution in [0.25, 0.3) is 11.0 Å². The Morgan fingerprint density at radius 2 is 1.83 bits per heavy atom. The molecule has 2 heterocycles. The minimum Gasteiger partial charge on any atom is -0.306 e. The fourth-order valence-electron chi connectivity index (χ4n) is 3.46. The summed E-state index contributed by atoms with van der Waals surface area (Å²) in [5.41, 5.74) is 0.353. The van der Waals surface area contributed by atoms with E-state index in [1.54, 1.807) is 24.3 Å². The first kappa shape index (κ1) is 16.1. The number of fused-ring (bicyclic) bond motifs is 1. The van der Waals surface area contributed by atoms with Crippen molar-refractivity contribution in [3.8, 4) is 0 Å². The van der Waals surface area contributed by atoms with E-state index in [2.05, 4.69) is 4.90 Å². The highest BCUT2D eigenvalue weighted by molar-refractivity contribution is 5.76. The molecule has 1 aliphatic heterocycles. The SMILES string of the molecule is CN1CCCC(Cn2c(=O)n(CC(F)(F)F)c3ccccc32)C1. The van der Waals surface area contributed by atoms with Crippen LogP contribution < -0.4 is 5.69 Å². The van der Waals surface area contributed by atoms with Crippen LogP contribution in [0.2, 0.25) is 0 Å². The lowest BCUT2D eigenvalue weighted by Crippen LogP contribution is -2.37. The Labute approximate surface area is 132 Å². The lowest BCUT2D eigenvalue weighted by Gasteiger charge is -2.29. The third kappa shape index (κ3) is 3.44. The normalized spacial score (nSPS) is 20.3. The lowest BCUT2D eigenvalue weighted by atomic mass is 9.98. The molecular formula is C16H20F3N3O. The van der Waals surface area contributed by atoms with Gasteiger partial charge in [-0.05, 0) is 44.5 Å². The van der Waals surface area contributed by atoms with E-state index in [4.69, 9.17) is 0 Å². The molecule has 1 aliphatic rings. The molecule has 2 aromatic rings. The molecule has 0 spiro atoms. The van der Waals surface area contributed by atoms with Crippen LogP contribution in [-0.2, 0) is 13.1 Å². The van der Waals surface area contributed by atoms with Crippen LogP contribution in [-0.4, -0.2) is 40.3 Å². The summed E-state index contributed by atoms with van der Waals surface area (Å²) < 4.78 is 40.7. The number of halogens is 3. The first-order valence-electron chi connectivity index (χ1n) is 7.78. The maximum absolute atomic E-state index is 12.8. The summed E-state index contributed by atoms with van der Waals surface area (Å²) >= 11 is 0. The van der Waals surface area contributed by atoms with Gasteiger partial charge < -0.3 is 4.90 Å². The molecule has 1 saturated heterocycles. The predicted octanol–water partition coefficient (Wildman–Crippen LogP) is 2.71. The van der Waals surface area contributed by atoms with Gasteiger partial charge in [0.15, 0.2) is 0 Å². The van der Waals surface area contributed by atoms with Crippen molar-refractivity contribution in [2.24, 2.45) is 5.92 Å². The molecule has 23 heavy (non-hydrogen) atoms. The number of hydrogen-bond donors (Lipinski definition) is 0. The number of hydrogen-bond acceptors (Lipinski definition) is 2. The van der Waals surface area contributed by atoms with Crippen molar-refractivity contribution >= 4 is 11.0 Å². The third-order valence-electron chi connectivity index (χ3n) is 4.43. The largest absolute Gasteiger partial charge is 0.406 e. The summed E-state index contributed by atoms with van der Waals surface area (Å²) in [6.07, 6.45) is -2.36. The Bertz CT molecular complexity index is 747. The van der Waals surface area contributed by atoms with Crippen molar-refractivity contribution in [2.45, 2.75) is 32.1 Å². The Kier molecular flexibility index (Phi) is 4.23. The number of likely N-dealkylation sites (tertiary alicyclic amines) is 1. The molecule has 7 heteroatoms. The fraction of sp³-hybridized carbons (Fsp3) is 0.562. The number of nitrogens with zero attached hydrogens (tertiary/aromatic N) is 3. The van der Waals surface area contributed by atoms with Crippen LogP contribution in [0, 0.1) is 5.92 Å². The molecule has 126 valence electrons. The van der Waals surface area contributed by atoms with Crippen LogP contribution in [0.3, 0.4) is 0 Å². The van der Waals surface area contributed by atoms with E-state index >= 15 is 0 Å². The minimum atomic E-state index is -4.41. The van der Waals surface area contributed by atoms with Crippen LogP contribution in [0.1, 0.15) is 12.8 Å². The second-order valence-corrected chi connectivity index (χ2v) is 6.35. The van der Waals surface area contributed by atoms with Gasteiger partial charge in [0.05, 0.1) is 11.0 Å². The average Bonchev–Trinajstić information content (AvgIpc) is 2.72. The van der Waals surface area contributed by atoms with Gasteiger partial charge in [0.2, 0.25) is 0 Å². The Morgan fingerprint density at radius 3 is 2.43 bits per heavy atom. The zero-order valence-corrected chi connectivity index (χ0v) is 13.0. The van der Waals surface area contributed by atoms with Crippen molar-refractivity contribution in [1.82, 2.24) is 14.0 Å². The minimum absolute atomic E-state index is 0.289. The molecule has 0 radical (unpaired) electrons. The summed E-state index contributed by atoms with van der Waals surface area (Å²) in [4.78, 5) is 14.7. The smallest absolute Gasteiger partial charge is 0.306 e. The highest BCUT2D eigenvalue weighted by Crippen LogP contribution is 2.23. The van der Waals surface area contributed by atoms with Gasteiger partial charge in [-0.2, -0.15) is 13.2 Å². The quantitative estimate of drug-likeness (QED) is 0.868. The van der Waals surface area contributed by atoms with Gasteiger partial charge in [-0.25, -0.2) is 4.79 Å². The van der Waals surface area contributed by atoms with Crippen molar-refractivity contribution in [3.05, 3.63) is 34.7 Å². The molecule has 1 fully saturated rings. The summed E-state index contributed by atoms with van der Waals surface area (Å²) in [5.74, 6) is 0.289. The highest BCUT2D eigenvalue weighted by atomic mass is 19.4. The molecule has 0 N–H and O–H groups in total. The van der Waals surface area contributed by atoms with Crippen molar-refractivity contribution in [2.75, 3.05) is 20.1 Å². The molecule has 0 aliphatic carbocycles. The van der Waals surface area contributed by atoms with Gasteiger partial charge in [0, 0.05) is 13.1 Å². The zero-order chi connectivity index (χ0) is 16.6. The van der Waals surface area contributed by atoms with Gasteiger partial charge in [-0.1, -0.05) is 12.1 Å². The topological polar surface area (TPSA) is 30.2 Å². The van der Waals surface area contributed by atoms with Crippen molar-refractivity contribution in [1.29, 1.82) is 0 Å². The number of rotatable bonds is 3. The number of benzene rings is 1. The molecule has 1 aromatic heterocycles. The molecule has 0 amide bonds. The van der Waals surface area contributed by atoms with Gasteiger partial charge in [-0.3, -0.25) is 9.13 Å². The average molecular weight is 327 g/mol. The van der Waals surface area contributed by atoms with E-state index in [-0.39, 0.29) is 5.92 Å². The molecule has 3 rings (SSSR count). The Balaban J connectivity index is 2.00. The summed E-state index contributed by atoms with van der Waals surface area (Å²) in [6.45, 7) is 1.12. The first-order chi connectivity index (χ1) is 10.8. The van der Waals surface area contributed by atoms with E-state index < -0.39 is 18.4 Å². The first-order valence-corrected chi connectivity index (χ1v) is 7.78. The molecule has 1 aromatic carbocycles. The van der Waals surface area contributed by atoms with E-state index in [0.29, 0.717) is 17.6 Å². The summed E-state index contributed by atoms with van der Waals surface area (Å²) in [6, 6.07) is 6.71. The van der Waals surface area contributed by atoms with E-state index in [9.17, 15) is 18.0 Å². The molecule has 4 nitrogen and oxygen atoms in total. The monoisotopic (exact) mass is 327 g/mol. The highest BCUT2D eigenvalue weighted by Gasteiger charge is 2.31. The van der Waals surface area contributed by atoms with Crippen LogP contribution in [0.5, 0.6) is 0 Å². The third-order valence-corrected chi connectivity index (χ3v) is 4.43.